The highest BCUT2D eigenvalue weighted by Gasteiger charge is 2.51. The monoisotopic (exact) mass is 328 g/mol. The highest BCUT2D eigenvalue weighted by molar-refractivity contribution is 7.43. The third-order valence-electron chi connectivity index (χ3n) is 4.51. The van der Waals surface area contributed by atoms with Gasteiger partial charge in [0.15, 0.2) is 0 Å². The Balaban J connectivity index is 2.96. The molecule has 1 fully saturated rings. The predicted octanol–water partition coefficient (Wildman–Crippen LogP) is 5.89. The van der Waals surface area contributed by atoms with Crippen LogP contribution in [0.5, 0.6) is 0 Å². The molecule has 0 aromatic carbocycles. The quantitative estimate of drug-likeness (QED) is 0.421. The molecule has 1 aliphatic carbocycles. The summed E-state index contributed by atoms with van der Waals surface area (Å²) >= 11 is 13.8. The molecule has 0 N–H and O–H groups in total. The van der Waals surface area contributed by atoms with Crippen LogP contribution < -0.4 is 0 Å². The number of rotatable bonds is 6. The second-order valence-electron chi connectivity index (χ2n) is 5.55. The van der Waals surface area contributed by atoms with Gasteiger partial charge in [-0.05, 0) is 36.2 Å². The van der Waals surface area contributed by atoms with Crippen LogP contribution in [0, 0.1) is 5.41 Å². The first kappa shape index (κ1) is 17.5. The Morgan fingerprint density at radius 2 is 1.72 bits per heavy atom. The Morgan fingerprint density at radius 1 is 1.11 bits per heavy atom. The molecule has 1 saturated carbocycles. The number of halogens is 2. The molecule has 0 nitrogen and oxygen atoms in total. The van der Waals surface area contributed by atoms with Crippen molar-refractivity contribution in [2.24, 2.45) is 5.41 Å². The van der Waals surface area contributed by atoms with E-state index in [1.807, 2.05) is 0 Å². The van der Waals surface area contributed by atoms with Gasteiger partial charge in [-0.25, -0.2) is 0 Å². The first-order chi connectivity index (χ1) is 8.47. The van der Waals surface area contributed by atoms with E-state index in [-0.39, 0.29) is 9.99 Å². The summed E-state index contributed by atoms with van der Waals surface area (Å²) in [5.41, 5.74) is 1.09. The maximum atomic E-state index is 6.98. The first-order valence-electron chi connectivity index (χ1n) is 7.28. The summed E-state index contributed by atoms with van der Waals surface area (Å²) < 4.78 is -0.132. The van der Waals surface area contributed by atoms with E-state index in [0.717, 1.165) is 29.7 Å². The molecule has 1 aliphatic rings. The molecule has 1 rings (SSSR count). The molecular weight excluding hydrogens is 301 g/mol. The van der Waals surface area contributed by atoms with Gasteiger partial charge >= 0.3 is 0 Å². The lowest BCUT2D eigenvalue weighted by Gasteiger charge is -2.51. The highest BCUT2D eigenvalue weighted by atomic mass is 35.5. The first-order valence-corrected chi connectivity index (χ1v) is 10.6. The molecule has 0 aromatic heterocycles. The summed E-state index contributed by atoms with van der Waals surface area (Å²) in [6, 6.07) is 0. The lowest BCUT2D eigenvalue weighted by Crippen LogP contribution is -2.48. The zero-order valence-corrected chi connectivity index (χ0v) is 15.7. The molecule has 0 saturated heterocycles. The lowest BCUT2D eigenvalue weighted by molar-refractivity contribution is 0.173. The molecule has 4 heteroatoms. The van der Waals surface area contributed by atoms with Crippen molar-refractivity contribution in [3.05, 3.63) is 0 Å². The van der Waals surface area contributed by atoms with Crippen LogP contribution in [0.25, 0.3) is 0 Å². The summed E-state index contributed by atoms with van der Waals surface area (Å²) in [6.07, 6.45) is 7.33. The van der Waals surface area contributed by atoms with E-state index in [9.17, 15) is 0 Å². The Bertz CT molecular complexity index is 256. The predicted molar refractivity (Wildman–Crippen MR) is 92.0 cm³/mol. The average molecular weight is 329 g/mol. The standard InChI is InChI=1S/C14H28Cl2P2/c1-5-13(6-2)9-11(17-7-3)12(15)14(16,10-13)18-8-4/h11-12,17-18H,5-10H2,1-4H3. The van der Waals surface area contributed by atoms with Gasteiger partial charge in [0.2, 0.25) is 0 Å². The Hall–Kier alpha value is 1.44. The van der Waals surface area contributed by atoms with Crippen molar-refractivity contribution in [1.82, 2.24) is 0 Å². The van der Waals surface area contributed by atoms with Crippen LogP contribution in [0.2, 0.25) is 0 Å². The van der Waals surface area contributed by atoms with E-state index in [1.54, 1.807) is 0 Å². The normalized spacial score (nSPS) is 37.0. The van der Waals surface area contributed by atoms with Crippen molar-refractivity contribution in [1.29, 1.82) is 0 Å². The SMILES string of the molecule is CCPC1CC(CC)(CC)CC(Cl)(PCC)C1Cl. The fraction of sp³-hybridized carbons (Fsp3) is 1.00. The van der Waals surface area contributed by atoms with Gasteiger partial charge in [0.1, 0.15) is 0 Å². The third kappa shape index (κ3) is 3.75. The van der Waals surface area contributed by atoms with Crippen molar-refractivity contribution in [2.75, 3.05) is 12.3 Å². The van der Waals surface area contributed by atoms with Gasteiger partial charge < -0.3 is 0 Å². The van der Waals surface area contributed by atoms with Crippen molar-refractivity contribution < 1.29 is 0 Å². The van der Waals surface area contributed by atoms with Crippen LogP contribution in [-0.2, 0) is 0 Å². The van der Waals surface area contributed by atoms with Crippen molar-refractivity contribution in [3.8, 4) is 0 Å². The van der Waals surface area contributed by atoms with Gasteiger partial charge in [0.25, 0.3) is 0 Å². The van der Waals surface area contributed by atoms with Gasteiger partial charge in [0.05, 0.1) is 9.99 Å². The zero-order valence-electron chi connectivity index (χ0n) is 12.2. The maximum absolute atomic E-state index is 6.98. The summed E-state index contributed by atoms with van der Waals surface area (Å²) in [5.74, 6) is 0. The third-order valence-corrected chi connectivity index (χ3v) is 9.36. The molecule has 108 valence electrons. The Labute approximate surface area is 127 Å². The summed E-state index contributed by atoms with van der Waals surface area (Å²) in [6.45, 7) is 9.17. The molecule has 0 bridgehead atoms. The molecule has 0 radical (unpaired) electrons. The molecule has 0 spiro atoms. The minimum atomic E-state index is -0.132. The Kier molecular flexibility index (Phi) is 7.24. The van der Waals surface area contributed by atoms with Gasteiger partial charge in [-0.15, -0.1) is 31.8 Å². The summed E-state index contributed by atoms with van der Waals surface area (Å²) in [5, 5.41) is 0.182. The van der Waals surface area contributed by atoms with Crippen molar-refractivity contribution in [2.45, 2.75) is 69.0 Å². The molecule has 0 aliphatic heterocycles. The largest absolute Gasteiger partial charge is 0.120 e. The molecule has 5 unspecified atom stereocenters. The number of hydrogen-bond acceptors (Lipinski definition) is 0. The lowest BCUT2D eigenvalue weighted by atomic mass is 9.69. The van der Waals surface area contributed by atoms with E-state index in [0.29, 0.717) is 11.1 Å². The van der Waals surface area contributed by atoms with Crippen LogP contribution in [0.4, 0.5) is 0 Å². The fourth-order valence-electron chi connectivity index (χ4n) is 3.28. The van der Waals surface area contributed by atoms with Gasteiger partial charge in [-0.2, -0.15) is 0 Å². The van der Waals surface area contributed by atoms with Gasteiger partial charge in [0, 0.05) is 0 Å². The van der Waals surface area contributed by atoms with Crippen LogP contribution in [0.15, 0.2) is 0 Å². The smallest absolute Gasteiger partial charge is 0.0785 e. The van der Waals surface area contributed by atoms with Crippen LogP contribution >= 0.6 is 40.4 Å². The molecule has 5 atom stereocenters. The Morgan fingerprint density at radius 3 is 2.17 bits per heavy atom. The maximum Gasteiger partial charge on any atom is 0.0785 e. The summed E-state index contributed by atoms with van der Waals surface area (Å²) in [4.78, 5) is 0. The summed E-state index contributed by atoms with van der Waals surface area (Å²) in [7, 11) is 1.77. The van der Waals surface area contributed by atoms with E-state index in [1.165, 1.54) is 25.4 Å². The van der Waals surface area contributed by atoms with Crippen LogP contribution in [0.3, 0.4) is 0 Å². The minimum absolute atomic E-state index is 0.132. The minimum Gasteiger partial charge on any atom is -0.120 e. The van der Waals surface area contributed by atoms with Crippen molar-refractivity contribution >= 4 is 40.4 Å². The fourth-order valence-corrected chi connectivity index (χ4v) is 8.14. The zero-order chi connectivity index (χ0) is 13.8. The molecule has 0 amide bonds. The second-order valence-corrected chi connectivity index (χ2v) is 10.8. The van der Waals surface area contributed by atoms with E-state index in [4.69, 9.17) is 23.2 Å². The van der Waals surface area contributed by atoms with E-state index < -0.39 is 0 Å². The van der Waals surface area contributed by atoms with Crippen LogP contribution in [0.1, 0.15) is 53.4 Å². The molecule has 0 heterocycles. The van der Waals surface area contributed by atoms with E-state index in [2.05, 4.69) is 27.7 Å². The van der Waals surface area contributed by atoms with Gasteiger partial charge in [-0.1, -0.05) is 49.1 Å². The number of alkyl halides is 2. The second kappa shape index (κ2) is 7.45. The molecule has 0 aromatic rings. The number of hydrogen-bond donors (Lipinski definition) is 0. The molecular formula is C14H28Cl2P2. The molecule has 18 heavy (non-hydrogen) atoms. The van der Waals surface area contributed by atoms with E-state index >= 15 is 0 Å². The van der Waals surface area contributed by atoms with Gasteiger partial charge in [-0.3, -0.25) is 0 Å². The van der Waals surface area contributed by atoms with Crippen LogP contribution in [-0.4, -0.2) is 28.0 Å². The topological polar surface area (TPSA) is 0 Å². The highest BCUT2D eigenvalue weighted by Crippen LogP contribution is 2.60. The average Bonchev–Trinajstić information content (AvgIpc) is 2.35. The van der Waals surface area contributed by atoms with Crippen molar-refractivity contribution in [3.63, 3.8) is 0 Å².